The van der Waals surface area contributed by atoms with Crippen molar-refractivity contribution in [1.29, 1.82) is 0 Å². The summed E-state index contributed by atoms with van der Waals surface area (Å²) in [7, 11) is 0. The summed E-state index contributed by atoms with van der Waals surface area (Å²) in [5, 5.41) is 12.8. The standard InChI is InChI=1S/C12H8BrF3N2O2S/c13-6-1-2-9(8(3-6)12(14,15)16)17-4-7-5-21-10(18-7)11(19)20/h1-3,5,17H,4H2,(H,19,20). The van der Waals surface area contributed by atoms with Gasteiger partial charge in [-0.15, -0.1) is 11.3 Å². The van der Waals surface area contributed by atoms with Crippen LogP contribution in [0.2, 0.25) is 0 Å². The van der Waals surface area contributed by atoms with E-state index in [0.717, 1.165) is 17.4 Å². The first kappa shape index (κ1) is 15.8. The van der Waals surface area contributed by atoms with Crippen molar-refractivity contribution in [1.82, 2.24) is 4.98 Å². The largest absolute Gasteiger partial charge is 0.476 e. The molecule has 9 heteroatoms. The molecule has 112 valence electrons. The van der Waals surface area contributed by atoms with E-state index in [4.69, 9.17) is 5.11 Å². The van der Waals surface area contributed by atoms with Crippen LogP contribution >= 0.6 is 27.3 Å². The van der Waals surface area contributed by atoms with Gasteiger partial charge in [0.25, 0.3) is 0 Å². The first-order chi connectivity index (χ1) is 9.77. The summed E-state index contributed by atoms with van der Waals surface area (Å²) < 4.78 is 39.1. The summed E-state index contributed by atoms with van der Waals surface area (Å²) in [5.41, 5.74) is -0.519. The molecule has 0 aliphatic carbocycles. The fraction of sp³-hybridized carbons (Fsp3) is 0.167. The number of carboxylic acid groups (broad SMARTS) is 1. The fourth-order valence-electron chi connectivity index (χ4n) is 1.58. The topological polar surface area (TPSA) is 62.2 Å². The van der Waals surface area contributed by atoms with Crippen molar-refractivity contribution in [2.24, 2.45) is 0 Å². The number of aromatic nitrogens is 1. The molecule has 1 heterocycles. The van der Waals surface area contributed by atoms with Crippen molar-refractivity contribution in [2.75, 3.05) is 5.32 Å². The molecule has 4 nitrogen and oxygen atoms in total. The Bertz CT molecular complexity index is 673. The Morgan fingerprint density at radius 2 is 2.14 bits per heavy atom. The normalized spacial score (nSPS) is 11.4. The van der Waals surface area contributed by atoms with E-state index in [0.29, 0.717) is 10.2 Å². The van der Waals surface area contributed by atoms with Gasteiger partial charge in [-0.05, 0) is 18.2 Å². The molecule has 0 aliphatic heterocycles. The van der Waals surface area contributed by atoms with E-state index in [1.807, 2.05) is 0 Å². The number of rotatable bonds is 4. The first-order valence-corrected chi connectivity index (χ1v) is 7.23. The second-order valence-corrected chi connectivity index (χ2v) is 5.76. The highest BCUT2D eigenvalue weighted by molar-refractivity contribution is 9.10. The summed E-state index contributed by atoms with van der Waals surface area (Å²) >= 11 is 3.92. The van der Waals surface area contributed by atoms with Gasteiger partial charge in [0, 0.05) is 15.5 Å². The van der Waals surface area contributed by atoms with Crippen LogP contribution in [-0.4, -0.2) is 16.1 Å². The van der Waals surface area contributed by atoms with Gasteiger partial charge in [-0.1, -0.05) is 15.9 Å². The summed E-state index contributed by atoms with van der Waals surface area (Å²) in [6, 6.07) is 3.77. The molecule has 0 radical (unpaired) electrons. The van der Waals surface area contributed by atoms with Crippen LogP contribution in [0.5, 0.6) is 0 Å². The molecule has 1 aromatic heterocycles. The molecule has 0 saturated carbocycles. The monoisotopic (exact) mass is 380 g/mol. The first-order valence-electron chi connectivity index (χ1n) is 5.55. The van der Waals surface area contributed by atoms with Crippen LogP contribution in [0.1, 0.15) is 21.1 Å². The molecule has 1 aromatic carbocycles. The molecule has 0 atom stereocenters. The van der Waals surface area contributed by atoms with E-state index in [1.165, 1.54) is 17.5 Å². The van der Waals surface area contributed by atoms with E-state index < -0.39 is 17.7 Å². The number of aromatic carboxylic acids is 1. The third-order valence-electron chi connectivity index (χ3n) is 2.48. The summed E-state index contributed by atoms with van der Waals surface area (Å²) in [6.45, 7) is 0.00842. The van der Waals surface area contributed by atoms with Crippen molar-refractivity contribution in [2.45, 2.75) is 12.7 Å². The third-order valence-corrected chi connectivity index (χ3v) is 3.85. The van der Waals surface area contributed by atoms with Gasteiger partial charge in [0.15, 0.2) is 0 Å². The Hall–Kier alpha value is -1.61. The maximum Gasteiger partial charge on any atom is 0.418 e. The van der Waals surface area contributed by atoms with Crippen molar-refractivity contribution >= 4 is 38.9 Å². The molecule has 21 heavy (non-hydrogen) atoms. The number of carbonyl (C=O) groups is 1. The molecule has 0 aliphatic rings. The Kier molecular flexibility index (Phi) is 4.52. The summed E-state index contributed by atoms with van der Waals surface area (Å²) in [6.07, 6.45) is -4.49. The molecule has 2 N–H and O–H groups in total. The lowest BCUT2D eigenvalue weighted by atomic mass is 10.1. The SMILES string of the molecule is O=C(O)c1nc(CNc2ccc(Br)cc2C(F)(F)F)cs1. The lowest BCUT2D eigenvalue weighted by Crippen LogP contribution is -2.11. The predicted molar refractivity (Wildman–Crippen MR) is 75.5 cm³/mol. The van der Waals surface area contributed by atoms with Gasteiger partial charge < -0.3 is 10.4 Å². The number of anilines is 1. The number of hydrogen-bond acceptors (Lipinski definition) is 4. The summed E-state index contributed by atoms with van der Waals surface area (Å²) in [5.74, 6) is -1.16. The number of halogens is 4. The molecule has 0 amide bonds. The van der Waals surface area contributed by atoms with Gasteiger partial charge in [0.2, 0.25) is 5.01 Å². The number of benzene rings is 1. The van der Waals surface area contributed by atoms with E-state index in [1.54, 1.807) is 0 Å². The van der Waals surface area contributed by atoms with Gasteiger partial charge in [-0.3, -0.25) is 0 Å². The van der Waals surface area contributed by atoms with E-state index in [-0.39, 0.29) is 17.2 Å². The van der Waals surface area contributed by atoms with Gasteiger partial charge in [-0.2, -0.15) is 13.2 Å². The van der Waals surface area contributed by atoms with Crippen molar-refractivity contribution < 1.29 is 23.1 Å². The molecule has 2 aromatic rings. The third kappa shape index (κ3) is 3.94. The molecular formula is C12H8BrF3N2O2S. The van der Waals surface area contributed by atoms with Crippen LogP contribution in [0.25, 0.3) is 0 Å². The quantitative estimate of drug-likeness (QED) is 0.832. The number of alkyl halides is 3. The number of hydrogen-bond donors (Lipinski definition) is 2. The van der Waals surface area contributed by atoms with Gasteiger partial charge in [-0.25, -0.2) is 9.78 Å². The molecule has 0 fully saturated rings. The maximum absolute atomic E-state index is 12.9. The predicted octanol–water partition coefficient (Wildman–Crippen LogP) is 4.23. The van der Waals surface area contributed by atoms with Crippen LogP contribution < -0.4 is 5.32 Å². The highest BCUT2D eigenvalue weighted by Crippen LogP contribution is 2.36. The average Bonchev–Trinajstić information content (AvgIpc) is 2.85. The van der Waals surface area contributed by atoms with Crippen LogP contribution in [0.3, 0.4) is 0 Å². The lowest BCUT2D eigenvalue weighted by molar-refractivity contribution is -0.137. The highest BCUT2D eigenvalue weighted by atomic mass is 79.9. The van der Waals surface area contributed by atoms with Crippen molar-refractivity contribution in [3.05, 3.63) is 44.3 Å². The fourth-order valence-corrected chi connectivity index (χ4v) is 2.59. The van der Waals surface area contributed by atoms with Crippen LogP contribution in [0.4, 0.5) is 18.9 Å². The van der Waals surface area contributed by atoms with Crippen molar-refractivity contribution in [3.8, 4) is 0 Å². The molecule has 0 spiro atoms. The summed E-state index contributed by atoms with van der Waals surface area (Å²) in [4.78, 5) is 14.5. The Balaban J connectivity index is 2.18. The molecule has 0 bridgehead atoms. The molecular weight excluding hydrogens is 373 g/mol. The number of nitrogens with zero attached hydrogens (tertiary/aromatic N) is 1. The van der Waals surface area contributed by atoms with Crippen LogP contribution in [0.15, 0.2) is 28.1 Å². The molecule has 0 saturated heterocycles. The van der Waals surface area contributed by atoms with E-state index in [2.05, 4.69) is 26.2 Å². The Labute approximate surface area is 129 Å². The molecule has 0 unspecified atom stereocenters. The van der Waals surface area contributed by atoms with Crippen molar-refractivity contribution in [3.63, 3.8) is 0 Å². The van der Waals surface area contributed by atoms with Gasteiger partial charge >= 0.3 is 12.1 Å². The number of nitrogens with one attached hydrogen (secondary N) is 1. The van der Waals surface area contributed by atoms with Crippen LogP contribution in [0, 0.1) is 0 Å². The maximum atomic E-state index is 12.9. The minimum absolute atomic E-state index is 0.00842. The smallest absolute Gasteiger partial charge is 0.418 e. The second kappa shape index (κ2) is 6.02. The Morgan fingerprint density at radius 1 is 1.43 bits per heavy atom. The Morgan fingerprint density at radius 3 is 2.71 bits per heavy atom. The number of carboxylic acids is 1. The van der Waals surface area contributed by atoms with E-state index >= 15 is 0 Å². The minimum atomic E-state index is -4.49. The zero-order chi connectivity index (χ0) is 15.6. The lowest BCUT2D eigenvalue weighted by Gasteiger charge is -2.14. The number of thiazole rings is 1. The second-order valence-electron chi connectivity index (χ2n) is 3.99. The average molecular weight is 381 g/mol. The van der Waals surface area contributed by atoms with Crippen LogP contribution in [-0.2, 0) is 12.7 Å². The zero-order valence-electron chi connectivity index (χ0n) is 10.2. The highest BCUT2D eigenvalue weighted by Gasteiger charge is 2.33. The van der Waals surface area contributed by atoms with E-state index in [9.17, 15) is 18.0 Å². The minimum Gasteiger partial charge on any atom is -0.476 e. The molecule has 2 rings (SSSR count). The van der Waals surface area contributed by atoms with Gasteiger partial charge in [0.05, 0.1) is 17.8 Å². The van der Waals surface area contributed by atoms with Gasteiger partial charge in [0.1, 0.15) is 0 Å². The zero-order valence-corrected chi connectivity index (χ0v) is 12.6.